The van der Waals surface area contributed by atoms with Crippen molar-refractivity contribution >= 4 is 0 Å². The fourth-order valence-electron chi connectivity index (χ4n) is 3.77. The molecule has 190 valence electrons. The van der Waals surface area contributed by atoms with E-state index in [1.54, 1.807) is 13.8 Å². The van der Waals surface area contributed by atoms with E-state index in [1.807, 2.05) is 48.5 Å². The molecule has 6 nitrogen and oxygen atoms in total. The quantitative estimate of drug-likeness (QED) is 0.343. The minimum absolute atomic E-state index is 0.622. The maximum absolute atomic E-state index is 11.4. The highest BCUT2D eigenvalue weighted by molar-refractivity contribution is 5.37. The van der Waals surface area contributed by atoms with E-state index in [0.29, 0.717) is 24.3 Å². The second kappa shape index (κ2) is 11.1. The molecule has 2 atom stereocenters. The van der Waals surface area contributed by atoms with Crippen molar-refractivity contribution < 1.29 is 28.7 Å². The van der Waals surface area contributed by atoms with E-state index in [1.165, 1.54) is 0 Å². The predicted molar refractivity (Wildman–Crippen MR) is 138 cm³/mol. The SMILES string of the molecule is C[C@@](O)(c1ccc(OCCC[N+](C)(C)C)cc1)[C@](C)(O)c1ccc(OCCC[N+](C)(C)C)cc1. The summed E-state index contributed by atoms with van der Waals surface area (Å²) in [7, 11) is 13.0. The second-order valence-corrected chi connectivity index (χ2v) is 11.6. The van der Waals surface area contributed by atoms with Crippen molar-refractivity contribution in [3.05, 3.63) is 59.7 Å². The molecule has 2 N–H and O–H groups in total. The number of aliphatic hydroxyl groups is 2. The van der Waals surface area contributed by atoms with Gasteiger partial charge in [-0.25, -0.2) is 0 Å². The van der Waals surface area contributed by atoms with Gasteiger partial charge in [0.05, 0.1) is 68.6 Å². The van der Waals surface area contributed by atoms with Crippen molar-refractivity contribution in [1.82, 2.24) is 0 Å². The molecule has 2 rings (SSSR count). The third-order valence-electron chi connectivity index (χ3n) is 6.26. The smallest absolute Gasteiger partial charge is 0.119 e. The van der Waals surface area contributed by atoms with Crippen LogP contribution in [0.3, 0.4) is 0 Å². The molecule has 0 saturated heterocycles. The van der Waals surface area contributed by atoms with Gasteiger partial charge < -0.3 is 28.7 Å². The summed E-state index contributed by atoms with van der Waals surface area (Å²) in [4.78, 5) is 0. The standard InChI is InChI=1S/C28H46N2O4/c1-27(31,23-11-15-25(16-12-23)33-21-9-19-29(3,4)5)28(2,32)24-13-17-26(18-14-24)34-22-10-20-30(6,7)8/h11-18,31-32H,9-10,19-22H2,1-8H3/q+2/t27-,28-/m1/s1. The first-order chi connectivity index (χ1) is 15.6. The van der Waals surface area contributed by atoms with Gasteiger partial charge in [0.1, 0.15) is 22.7 Å². The summed E-state index contributed by atoms with van der Waals surface area (Å²) in [6, 6.07) is 14.6. The molecule has 0 bridgehead atoms. The molecule has 0 unspecified atom stereocenters. The number of nitrogens with zero attached hydrogens (tertiary/aromatic N) is 2. The van der Waals surface area contributed by atoms with E-state index in [9.17, 15) is 10.2 Å². The van der Waals surface area contributed by atoms with Crippen LogP contribution in [0, 0.1) is 0 Å². The molecule has 0 aliphatic carbocycles. The largest absolute Gasteiger partial charge is 0.493 e. The van der Waals surface area contributed by atoms with Gasteiger partial charge in [0.25, 0.3) is 0 Å². The van der Waals surface area contributed by atoms with E-state index < -0.39 is 11.2 Å². The van der Waals surface area contributed by atoms with Gasteiger partial charge in [-0.15, -0.1) is 0 Å². The summed E-state index contributed by atoms with van der Waals surface area (Å²) in [5.41, 5.74) is -1.75. The van der Waals surface area contributed by atoms with Gasteiger partial charge in [-0.05, 0) is 49.2 Å². The van der Waals surface area contributed by atoms with Gasteiger partial charge in [-0.3, -0.25) is 0 Å². The topological polar surface area (TPSA) is 58.9 Å². The fraction of sp³-hybridized carbons (Fsp3) is 0.571. The summed E-state index contributed by atoms with van der Waals surface area (Å²) >= 11 is 0. The molecule has 2 aromatic rings. The lowest BCUT2D eigenvalue weighted by molar-refractivity contribution is -0.870. The fourth-order valence-corrected chi connectivity index (χ4v) is 3.77. The molecule has 0 radical (unpaired) electrons. The van der Waals surface area contributed by atoms with Crippen molar-refractivity contribution in [3.63, 3.8) is 0 Å². The van der Waals surface area contributed by atoms with Crippen LogP contribution in [0.25, 0.3) is 0 Å². The van der Waals surface area contributed by atoms with E-state index in [0.717, 1.165) is 46.4 Å². The Bertz CT molecular complexity index is 801. The van der Waals surface area contributed by atoms with E-state index in [2.05, 4.69) is 42.3 Å². The molecule has 0 saturated carbocycles. The van der Waals surface area contributed by atoms with Gasteiger partial charge >= 0.3 is 0 Å². The zero-order valence-corrected chi connectivity index (χ0v) is 22.5. The predicted octanol–water partition coefficient (Wildman–Crippen LogP) is 3.75. The summed E-state index contributed by atoms with van der Waals surface area (Å²) < 4.78 is 13.5. The average Bonchev–Trinajstić information content (AvgIpc) is 2.73. The van der Waals surface area contributed by atoms with Crippen LogP contribution in [0.15, 0.2) is 48.5 Å². The van der Waals surface area contributed by atoms with Gasteiger partial charge in [0.2, 0.25) is 0 Å². The van der Waals surface area contributed by atoms with E-state index >= 15 is 0 Å². The van der Waals surface area contributed by atoms with Crippen LogP contribution in [0.4, 0.5) is 0 Å². The Morgan fingerprint density at radius 2 is 0.882 bits per heavy atom. The Morgan fingerprint density at radius 1 is 0.588 bits per heavy atom. The molecule has 0 amide bonds. The second-order valence-electron chi connectivity index (χ2n) is 11.6. The highest BCUT2D eigenvalue weighted by Crippen LogP contribution is 2.41. The minimum Gasteiger partial charge on any atom is -0.493 e. The van der Waals surface area contributed by atoms with Crippen molar-refractivity contribution in [1.29, 1.82) is 0 Å². The third-order valence-corrected chi connectivity index (χ3v) is 6.26. The number of rotatable bonds is 13. The number of quaternary nitrogens is 2. The minimum atomic E-state index is -1.50. The summed E-state index contributed by atoms with van der Waals surface area (Å²) in [6.07, 6.45) is 1.93. The van der Waals surface area contributed by atoms with Crippen molar-refractivity contribution in [3.8, 4) is 11.5 Å². The van der Waals surface area contributed by atoms with Crippen LogP contribution >= 0.6 is 0 Å². The Balaban J connectivity index is 1.99. The molecule has 0 heterocycles. The zero-order chi connectivity index (χ0) is 25.6. The Morgan fingerprint density at radius 3 is 1.15 bits per heavy atom. The zero-order valence-electron chi connectivity index (χ0n) is 22.5. The summed E-state index contributed by atoms with van der Waals surface area (Å²) in [5.74, 6) is 1.51. The van der Waals surface area contributed by atoms with Gasteiger partial charge in [0, 0.05) is 12.8 Å². The van der Waals surface area contributed by atoms with Crippen LogP contribution in [0.5, 0.6) is 11.5 Å². The number of ether oxygens (including phenoxy) is 2. The van der Waals surface area contributed by atoms with Crippen LogP contribution in [-0.2, 0) is 11.2 Å². The molecule has 6 heteroatoms. The van der Waals surface area contributed by atoms with E-state index in [4.69, 9.17) is 9.47 Å². The van der Waals surface area contributed by atoms with Crippen LogP contribution in [0.1, 0.15) is 37.8 Å². The lowest BCUT2D eigenvalue weighted by Crippen LogP contribution is -2.45. The molecule has 2 aromatic carbocycles. The normalized spacial score (nSPS) is 15.9. The Labute approximate surface area is 206 Å². The van der Waals surface area contributed by atoms with E-state index in [-0.39, 0.29) is 0 Å². The first-order valence-electron chi connectivity index (χ1n) is 12.1. The number of hydrogen-bond acceptors (Lipinski definition) is 4. The molecule has 0 aromatic heterocycles. The monoisotopic (exact) mass is 474 g/mol. The molecule has 0 spiro atoms. The van der Waals surface area contributed by atoms with Gasteiger partial charge in [0.15, 0.2) is 0 Å². The molecular weight excluding hydrogens is 428 g/mol. The van der Waals surface area contributed by atoms with Crippen LogP contribution in [0.2, 0.25) is 0 Å². The third kappa shape index (κ3) is 8.27. The highest BCUT2D eigenvalue weighted by Gasteiger charge is 2.44. The Hall–Kier alpha value is -2.12. The molecule has 0 aliphatic heterocycles. The van der Waals surface area contributed by atoms with Crippen molar-refractivity contribution in [2.45, 2.75) is 37.9 Å². The maximum atomic E-state index is 11.4. The molecule has 0 fully saturated rings. The molecular formula is C28H46N2O4+2. The molecule has 0 aliphatic rings. The van der Waals surface area contributed by atoms with Gasteiger partial charge in [-0.1, -0.05) is 24.3 Å². The summed E-state index contributed by atoms with van der Waals surface area (Å²) in [6.45, 7) is 6.64. The van der Waals surface area contributed by atoms with Crippen LogP contribution in [-0.4, -0.2) is 87.8 Å². The highest BCUT2D eigenvalue weighted by atomic mass is 16.5. The first kappa shape index (κ1) is 28.1. The number of benzene rings is 2. The first-order valence-corrected chi connectivity index (χ1v) is 12.1. The maximum Gasteiger partial charge on any atom is 0.119 e. The average molecular weight is 475 g/mol. The summed E-state index contributed by atoms with van der Waals surface area (Å²) in [5, 5.41) is 22.7. The van der Waals surface area contributed by atoms with Crippen molar-refractivity contribution in [2.75, 3.05) is 68.6 Å². The van der Waals surface area contributed by atoms with Crippen LogP contribution < -0.4 is 9.47 Å². The Kier molecular flexibility index (Phi) is 9.16. The van der Waals surface area contributed by atoms with Gasteiger partial charge in [-0.2, -0.15) is 0 Å². The number of hydrogen-bond donors (Lipinski definition) is 2. The van der Waals surface area contributed by atoms with Crippen molar-refractivity contribution in [2.24, 2.45) is 0 Å². The lowest BCUT2D eigenvalue weighted by atomic mass is 9.76. The molecule has 34 heavy (non-hydrogen) atoms. The lowest BCUT2D eigenvalue weighted by Gasteiger charge is -2.39.